The number of phenols is 1. The highest BCUT2D eigenvalue weighted by molar-refractivity contribution is 5.82. The van der Waals surface area contributed by atoms with Gasteiger partial charge in [-0.25, -0.2) is 0 Å². The van der Waals surface area contributed by atoms with E-state index in [-0.39, 0.29) is 23.4 Å². The molecule has 200 valence electrons. The highest BCUT2D eigenvalue weighted by Gasteiger charge is 2.20. The van der Waals surface area contributed by atoms with Gasteiger partial charge < -0.3 is 19.3 Å². The van der Waals surface area contributed by atoms with E-state index in [9.17, 15) is 9.90 Å². The van der Waals surface area contributed by atoms with Crippen LogP contribution in [0.25, 0.3) is 0 Å². The molecule has 3 aromatic rings. The standard InChI is InChI=1S/C32H38N2O4/c1-32(2,3)31-23-27(33-38-31)22-28(35)20-25-11-8-24(9-12-25)10-13-26-14-15-30(29(36)21-26)37-19-7-18-34-16-5-4-6-17-34/h8-9,11-12,14-15,21,23,36H,4-7,16-20,22H2,1-3H3. The molecular weight excluding hydrogens is 476 g/mol. The third-order valence-corrected chi connectivity index (χ3v) is 6.67. The number of ketones is 1. The highest BCUT2D eigenvalue weighted by atomic mass is 16.5. The van der Waals surface area contributed by atoms with Crippen molar-refractivity contribution in [2.75, 3.05) is 26.2 Å². The molecule has 0 atom stereocenters. The van der Waals surface area contributed by atoms with E-state index in [1.165, 1.54) is 32.4 Å². The molecule has 0 amide bonds. The van der Waals surface area contributed by atoms with Gasteiger partial charge >= 0.3 is 0 Å². The van der Waals surface area contributed by atoms with E-state index in [0.717, 1.165) is 29.9 Å². The van der Waals surface area contributed by atoms with Crippen molar-refractivity contribution in [1.29, 1.82) is 0 Å². The van der Waals surface area contributed by atoms with Gasteiger partial charge in [0.1, 0.15) is 11.5 Å². The monoisotopic (exact) mass is 514 g/mol. The molecule has 1 aliphatic heterocycles. The van der Waals surface area contributed by atoms with Crippen LogP contribution in [0.4, 0.5) is 0 Å². The number of Topliss-reactive ketones (excluding diaryl/α,β-unsaturated/α-hetero) is 1. The van der Waals surface area contributed by atoms with Gasteiger partial charge in [-0.2, -0.15) is 0 Å². The van der Waals surface area contributed by atoms with Gasteiger partial charge in [-0.1, -0.05) is 56.3 Å². The van der Waals surface area contributed by atoms with Crippen LogP contribution in [0, 0.1) is 11.8 Å². The Morgan fingerprint density at radius 3 is 2.39 bits per heavy atom. The van der Waals surface area contributed by atoms with Crippen LogP contribution in [-0.2, 0) is 23.1 Å². The summed E-state index contributed by atoms with van der Waals surface area (Å²) in [6.07, 6.45) is 5.45. The number of aromatic hydroxyl groups is 1. The van der Waals surface area contributed by atoms with E-state index >= 15 is 0 Å². The molecular formula is C32H38N2O4. The molecule has 2 aromatic carbocycles. The molecule has 1 fully saturated rings. The van der Waals surface area contributed by atoms with E-state index < -0.39 is 0 Å². The molecule has 0 unspecified atom stereocenters. The van der Waals surface area contributed by atoms with Crippen molar-refractivity contribution in [2.24, 2.45) is 0 Å². The minimum absolute atomic E-state index is 0.0851. The first-order valence-corrected chi connectivity index (χ1v) is 13.5. The summed E-state index contributed by atoms with van der Waals surface area (Å²) in [4.78, 5) is 15.0. The summed E-state index contributed by atoms with van der Waals surface area (Å²) in [5.74, 6) is 7.66. The Labute approximate surface area is 226 Å². The van der Waals surface area contributed by atoms with Gasteiger partial charge in [0.25, 0.3) is 0 Å². The molecule has 0 aliphatic carbocycles. The van der Waals surface area contributed by atoms with Crippen LogP contribution >= 0.6 is 0 Å². The second kappa shape index (κ2) is 12.8. The molecule has 1 N–H and O–H groups in total. The lowest BCUT2D eigenvalue weighted by atomic mass is 9.93. The second-order valence-electron chi connectivity index (χ2n) is 11.1. The average Bonchev–Trinajstić information content (AvgIpc) is 3.37. The van der Waals surface area contributed by atoms with Crippen LogP contribution in [0.3, 0.4) is 0 Å². The van der Waals surface area contributed by atoms with Crippen LogP contribution in [0.2, 0.25) is 0 Å². The predicted octanol–water partition coefficient (Wildman–Crippen LogP) is 5.69. The molecule has 6 nitrogen and oxygen atoms in total. The summed E-state index contributed by atoms with van der Waals surface area (Å²) >= 11 is 0. The van der Waals surface area contributed by atoms with Crippen LogP contribution in [-0.4, -0.2) is 47.2 Å². The lowest BCUT2D eigenvalue weighted by Crippen LogP contribution is -2.31. The molecule has 1 aromatic heterocycles. The Bertz CT molecular complexity index is 1270. The Hall–Kier alpha value is -3.56. The van der Waals surface area contributed by atoms with Gasteiger partial charge in [0.2, 0.25) is 0 Å². The number of hydrogen-bond acceptors (Lipinski definition) is 6. The van der Waals surface area contributed by atoms with E-state index in [0.29, 0.717) is 30.0 Å². The zero-order valence-corrected chi connectivity index (χ0v) is 22.8. The summed E-state index contributed by atoms with van der Waals surface area (Å²) in [5.41, 5.74) is 3.01. The Balaban J connectivity index is 1.24. The fourth-order valence-electron chi connectivity index (χ4n) is 4.46. The van der Waals surface area contributed by atoms with Crippen molar-refractivity contribution in [2.45, 2.75) is 64.7 Å². The number of piperidine rings is 1. The number of likely N-dealkylation sites (tertiary alicyclic amines) is 1. The number of rotatable bonds is 9. The number of hydrogen-bond donors (Lipinski definition) is 1. The zero-order valence-electron chi connectivity index (χ0n) is 22.8. The SMILES string of the molecule is CC(C)(C)c1cc(CC(=O)Cc2ccc(C#Cc3ccc(OCCCN4CCCCC4)c(O)c3)cc2)no1. The smallest absolute Gasteiger partial charge is 0.160 e. The van der Waals surface area contributed by atoms with Crippen LogP contribution in [0.15, 0.2) is 53.1 Å². The Morgan fingerprint density at radius 1 is 1.00 bits per heavy atom. The molecule has 2 heterocycles. The fraction of sp³-hybridized carbons (Fsp3) is 0.438. The van der Waals surface area contributed by atoms with Crippen LogP contribution in [0.1, 0.15) is 74.6 Å². The summed E-state index contributed by atoms with van der Waals surface area (Å²) < 4.78 is 11.2. The number of benzene rings is 2. The van der Waals surface area contributed by atoms with Gasteiger partial charge in [-0.05, 0) is 68.2 Å². The van der Waals surface area contributed by atoms with Gasteiger partial charge in [0, 0.05) is 35.6 Å². The molecule has 6 heteroatoms. The number of ether oxygens (including phenoxy) is 1. The lowest BCUT2D eigenvalue weighted by Gasteiger charge is -2.26. The maximum atomic E-state index is 12.5. The number of carbonyl (C=O) groups excluding carboxylic acids is 1. The van der Waals surface area contributed by atoms with Crippen molar-refractivity contribution >= 4 is 5.78 Å². The quantitative estimate of drug-likeness (QED) is 0.292. The normalized spacial score (nSPS) is 14.1. The zero-order chi connectivity index (χ0) is 27.0. The van der Waals surface area contributed by atoms with Crippen molar-refractivity contribution in [1.82, 2.24) is 10.1 Å². The molecule has 0 bridgehead atoms. The minimum Gasteiger partial charge on any atom is -0.504 e. The van der Waals surface area contributed by atoms with Crippen LogP contribution < -0.4 is 4.74 Å². The lowest BCUT2D eigenvalue weighted by molar-refractivity contribution is -0.117. The fourth-order valence-corrected chi connectivity index (χ4v) is 4.46. The minimum atomic E-state index is -0.133. The first-order chi connectivity index (χ1) is 18.3. The molecule has 0 radical (unpaired) electrons. The maximum absolute atomic E-state index is 12.5. The van der Waals surface area contributed by atoms with Crippen LogP contribution in [0.5, 0.6) is 11.5 Å². The number of aromatic nitrogens is 1. The van der Waals surface area contributed by atoms with Gasteiger partial charge in [0.15, 0.2) is 11.5 Å². The van der Waals surface area contributed by atoms with Crippen molar-refractivity contribution in [3.8, 4) is 23.3 Å². The van der Waals surface area contributed by atoms with Crippen molar-refractivity contribution in [3.63, 3.8) is 0 Å². The summed E-state index contributed by atoms with van der Waals surface area (Å²) in [6.45, 7) is 10.1. The number of carbonyl (C=O) groups is 1. The molecule has 1 saturated heterocycles. The van der Waals surface area contributed by atoms with Crippen molar-refractivity contribution in [3.05, 3.63) is 76.7 Å². The topological polar surface area (TPSA) is 75.8 Å². The summed E-state index contributed by atoms with van der Waals surface area (Å²) in [7, 11) is 0. The molecule has 1 aliphatic rings. The highest BCUT2D eigenvalue weighted by Crippen LogP contribution is 2.27. The maximum Gasteiger partial charge on any atom is 0.160 e. The molecule has 0 spiro atoms. The second-order valence-corrected chi connectivity index (χ2v) is 11.1. The van der Waals surface area contributed by atoms with E-state index in [1.807, 2.05) is 36.4 Å². The Morgan fingerprint density at radius 2 is 1.71 bits per heavy atom. The molecule has 0 saturated carbocycles. The molecule has 38 heavy (non-hydrogen) atoms. The largest absolute Gasteiger partial charge is 0.504 e. The number of nitrogens with zero attached hydrogens (tertiary/aromatic N) is 2. The van der Waals surface area contributed by atoms with Gasteiger partial charge in [-0.3, -0.25) is 4.79 Å². The van der Waals surface area contributed by atoms with Gasteiger partial charge in [-0.15, -0.1) is 0 Å². The third kappa shape index (κ3) is 8.22. The summed E-state index contributed by atoms with van der Waals surface area (Å²) in [6, 6.07) is 14.8. The van der Waals surface area contributed by atoms with E-state index in [1.54, 1.807) is 12.1 Å². The van der Waals surface area contributed by atoms with Gasteiger partial charge in [0.05, 0.1) is 18.7 Å². The van der Waals surface area contributed by atoms with Crippen molar-refractivity contribution < 1.29 is 19.2 Å². The Kier molecular flexibility index (Phi) is 9.25. The van der Waals surface area contributed by atoms with E-state index in [2.05, 4.69) is 42.7 Å². The third-order valence-electron chi connectivity index (χ3n) is 6.67. The summed E-state index contributed by atoms with van der Waals surface area (Å²) in [5, 5.41) is 14.4. The number of phenolic OH excluding ortho intramolecular Hbond substituents is 1. The molecule has 4 rings (SSSR count). The predicted molar refractivity (Wildman–Crippen MR) is 149 cm³/mol. The first-order valence-electron chi connectivity index (χ1n) is 13.5. The first kappa shape index (κ1) is 27.5. The average molecular weight is 515 g/mol. The van der Waals surface area contributed by atoms with E-state index in [4.69, 9.17) is 9.26 Å².